The number of amides is 1. The fourth-order valence-corrected chi connectivity index (χ4v) is 3.31. The minimum Gasteiger partial charge on any atom is -0.491 e. The molecule has 0 unspecified atom stereocenters. The summed E-state index contributed by atoms with van der Waals surface area (Å²) < 4.78 is 7.34. The molecule has 0 bridgehead atoms. The molecule has 1 aromatic carbocycles. The number of carbonyl (C=O) groups excluding carboxylic acids is 1. The van der Waals surface area contributed by atoms with Crippen LogP contribution < -0.4 is 15.4 Å². The largest absolute Gasteiger partial charge is 0.491 e. The first-order valence-electron chi connectivity index (χ1n) is 9.56. The first-order valence-corrected chi connectivity index (χ1v) is 9.56. The molecule has 7 heteroatoms. The Labute approximate surface area is 160 Å². The van der Waals surface area contributed by atoms with E-state index in [9.17, 15) is 4.79 Å². The zero-order valence-electron chi connectivity index (χ0n) is 16.6. The standard InChI is InChI=1S/C20H29N5O2/c1-14(2)27-17-7-5-16(6-8-17)25-15(3)18(23-24-25)19(26)22-13-20(4)9-11-21-12-10-20/h5-8,14,21H,9-13H2,1-4H3,(H,22,26). The highest BCUT2D eigenvalue weighted by molar-refractivity contribution is 5.93. The van der Waals surface area contributed by atoms with Crippen LogP contribution in [0.25, 0.3) is 5.69 Å². The number of hydrogen-bond donors (Lipinski definition) is 2. The van der Waals surface area contributed by atoms with Crippen molar-refractivity contribution in [2.24, 2.45) is 5.41 Å². The Morgan fingerprint density at radius 3 is 2.59 bits per heavy atom. The Morgan fingerprint density at radius 2 is 1.96 bits per heavy atom. The van der Waals surface area contributed by atoms with Crippen LogP contribution in [0.4, 0.5) is 0 Å². The van der Waals surface area contributed by atoms with Crippen LogP contribution in [-0.2, 0) is 0 Å². The number of carbonyl (C=O) groups is 1. The molecule has 1 saturated heterocycles. The third kappa shape index (κ3) is 4.66. The van der Waals surface area contributed by atoms with Gasteiger partial charge in [-0.1, -0.05) is 12.1 Å². The topological polar surface area (TPSA) is 81.1 Å². The average Bonchev–Trinajstić information content (AvgIpc) is 3.02. The maximum Gasteiger partial charge on any atom is 0.273 e. The molecule has 1 aromatic heterocycles. The summed E-state index contributed by atoms with van der Waals surface area (Å²) in [7, 11) is 0. The zero-order chi connectivity index (χ0) is 19.4. The highest BCUT2D eigenvalue weighted by atomic mass is 16.5. The Balaban J connectivity index is 1.68. The summed E-state index contributed by atoms with van der Waals surface area (Å²) in [5, 5.41) is 14.7. The van der Waals surface area contributed by atoms with Crippen molar-refractivity contribution >= 4 is 5.91 Å². The van der Waals surface area contributed by atoms with E-state index in [4.69, 9.17) is 4.74 Å². The third-order valence-electron chi connectivity index (χ3n) is 5.05. The second-order valence-corrected chi connectivity index (χ2v) is 7.84. The molecule has 3 rings (SSSR count). The van der Waals surface area contributed by atoms with Gasteiger partial charge < -0.3 is 15.4 Å². The predicted molar refractivity (Wildman–Crippen MR) is 104 cm³/mol. The monoisotopic (exact) mass is 371 g/mol. The first kappa shape index (κ1) is 19.4. The van der Waals surface area contributed by atoms with E-state index in [0.717, 1.165) is 43.1 Å². The number of hydrogen-bond acceptors (Lipinski definition) is 5. The van der Waals surface area contributed by atoms with Gasteiger partial charge in [0.1, 0.15) is 5.75 Å². The maximum atomic E-state index is 12.6. The molecule has 146 valence electrons. The van der Waals surface area contributed by atoms with Crippen LogP contribution >= 0.6 is 0 Å². The molecular weight excluding hydrogens is 342 g/mol. The molecule has 1 aliphatic heterocycles. The molecule has 1 aliphatic rings. The summed E-state index contributed by atoms with van der Waals surface area (Å²) in [6.07, 6.45) is 2.24. The molecule has 7 nitrogen and oxygen atoms in total. The molecule has 1 amide bonds. The van der Waals surface area contributed by atoms with E-state index >= 15 is 0 Å². The van der Waals surface area contributed by atoms with Crippen molar-refractivity contribution in [3.05, 3.63) is 35.7 Å². The third-order valence-corrected chi connectivity index (χ3v) is 5.05. The lowest BCUT2D eigenvalue weighted by Gasteiger charge is -2.34. The molecule has 0 spiro atoms. The van der Waals surface area contributed by atoms with Gasteiger partial charge in [-0.25, -0.2) is 4.68 Å². The molecule has 0 aliphatic carbocycles. The van der Waals surface area contributed by atoms with Crippen LogP contribution in [0.15, 0.2) is 24.3 Å². The fraction of sp³-hybridized carbons (Fsp3) is 0.550. The summed E-state index contributed by atoms with van der Waals surface area (Å²) in [6.45, 7) is 10.7. The number of ether oxygens (including phenoxy) is 1. The van der Waals surface area contributed by atoms with Crippen LogP contribution in [0.2, 0.25) is 0 Å². The number of piperidine rings is 1. The van der Waals surface area contributed by atoms with Gasteiger partial charge in [0.05, 0.1) is 17.5 Å². The van der Waals surface area contributed by atoms with Crippen molar-refractivity contribution in [3.63, 3.8) is 0 Å². The van der Waals surface area contributed by atoms with Gasteiger partial charge in [0, 0.05) is 6.54 Å². The van der Waals surface area contributed by atoms with Gasteiger partial charge >= 0.3 is 0 Å². The van der Waals surface area contributed by atoms with E-state index in [1.807, 2.05) is 45.0 Å². The molecule has 0 radical (unpaired) electrons. The number of nitrogens with one attached hydrogen (secondary N) is 2. The molecule has 1 fully saturated rings. The van der Waals surface area contributed by atoms with Crippen molar-refractivity contribution < 1.29 is 9.53 Å². The summed E-state index contributed by atoms with van der Waals surface area (Å²) in [5.74, 6) is 0.637. The van der Waals surface area contributed by atoms with Crippen LogP contribution in [0.5, 0.6) is 5.75 Å². The molecule has 27 heavy (non-hydrogen) atoms. The Hall–Kier alpha value is -2.41. The highest BCUT2D eigenvalue weighted by Gasteiger charge is 2.28. The van der Waals surface area contributed by atoms with E-state index in [2.05, 4.69) is 27.9 Å². The van der Waals surface area contributed by atoms with E-state index < -0.39 is 0 Å². The Bertz CT molecular complexity index is 776. The van der Waals surface area contributed by atoms with Crippen molar-refractivity contribution in [2.45, 2.75) is 46.6 Å². The smallest absolute Gasteiger partial charge is 0.273 e. The predicted octanol–water partition coefficient (Wildman–Crippen LogP) is 2.48. The van der Waals surface area contributed by atoms with E-state index in [1.165, 1.54) is 0 Å². The van der Waals surface area contributed by atoms with Crippen LogP contribution in [0, 0.1) is 12.3 Å². The van der Waals surface area contributed by atoms with Crippen molar-refractivity contribution in [3.8, 4) is 11.4 Å². The molecular formula is C20H29N5O2. The van der Waals surface area contributed by atoms with Crippen molar-refractivity contribution in [1.82, 2.24) is 25.6 Å². The van der Waals surface area contributed by atoms with Crippen molar-refractivity contribution in [1.29, 1.82) is 0 Å². The number of benzene rings is 1. The first-order chi connectivity index (χ1) is 12.9. The number of nitrogens with zero attached hydrogens (tertiary/aromatic N) is 3. The van der Waals surface area contributed by atoms with Crippen molar-refractivity contribution in [2.75, 3.05) is 19.6 Å². The molecule has 2 heterocycles. The van der Waals surface area contributed by atoms with E-state index in [1.54, 1.807) is 4.68 Å². The molecule has 2 N–H and O–H groups in total. The second-order valence-electron chi connectivity index (χ2n) is 7.84. The Kier molecular flexibility index (Phi) is 5.79. The zero-order valence-corrected chi connectivity index (χ0v) is 16.6. The second kappa shape index (κ2) is 8.08. The lowest BCUT2D eigenvalue weighted by atomic mass is 9.81. The Morgan fingerprint density at radius 1 is 1.30 bits per heavy atom. The lowest BCUT2D eigenvalue weighted by molar-refractivity contribution is 0.0916. The molecule has 0 atom stereocenters. The summed E-state index contributed by atoms with van der Waals surface area (Å²) in [5.41, 5.74) is 2.08. The molecule has 2 aromatic rings. The number of aromatic nitrogens is 3. The van der Waals surface area contributed by atoms with E-state index in [-0.39, 0.29) is 17.4 Å². The molecule has 0 saturated carbocycles. The van der Waals surface area contributed by atoms with Gasteiger partial charge in [-0.05, 0) is 76.4 Å². The highest BCUT2D eigenvalue weighted by Crippen LogP contribution is 2.27. The van der Waals surface area contributed by atoms with Gasteiger partial charge in [0.2, 0.25) is 0 Å². The minimum absolute atomic E-state index is 0.126. The maximum absolute atomic E-state index is 12.6. The average molecular weight is 371 g/mol. The summed E-state index contributed by atoms with van der Waals surface area (Å²) in [6, 6.07) is 7.62. The van der Waals surface area contributed by atoms with Crippen LogP contribution in [-0.4, -0.2) is 46.6 Å². The van der Waals surface area contributed by atoms with Crippen LogP contribution in [0.1, 0.15) is 49.8 Å². The van der Waals surface area contributed by atoms with Gasteiger partial charge in [-0.15, -0.1) is 5.10 Å². The normalized spacial score (nSPS) is 16.3. The summed E-state index contributed by atoms with van der Waals surface area (Å²) >= 11 is 0. The SMILES string of the molecule is Cc1c(C(=O)NCC2(C)CCNCC2)nnn1-c1ccc(OC(C)C)cc1. The lowest BCUT2D eigenvalue weighted by Crippen LogP contribution is -2.43. The van der Waals surface area contributed by atoms with Gasteiger partial charge in [0.25, 0.3) is 5.91 Å². The summed E-state index contributed by atoms with van der Waals surface area (Å²) in [4.78, 5) is 12.6. The minimum atomic E-state index is -0.168. The van der Waals surface area contributed by atoms with E-state index in [0.29, 0.717) is 12.2 Å². The quantitative estimate of drug-likeness (QED) is 0.815. The number of rotatable bonds is 6. The van der Waals surface area contributed by atoms with Crippen LogP contribution in [0.3, 0.4) is 0 Å². The van der Waals surface area contributed by atoms with Gasteiger partial charge in [-0.3, -0.25) is 4.79 Å². The van der Waals surface area contributed by atoms with Gasteiger partial charge in [0.15, 0.2) is 5.69 Å². The fourth-order valence-electron chi connectivity index (χ4n) is 3.31. The van der Waals surface area contributed by atoms with Gasteiger partial charge in [-0.2, -0.15) is 0 Å².